The van der Waals surface area contributed by atoms with E-state index in [1.807, 2.05) is 62.4 Å². The van der Waals surface area contributed by atoms with Crippen LogP contribution in [0.3, 0.4) is 0 Å². The van der Waals surface area contributed by atoms with Crippen LogP contribution in [0.25, 0.3) is 10.8 Å². The molecule has 3 aromatic carbocycles. The molecule has 1 N–H and O–H groups in total. The average Bonchev–Trinajstić information content (AvgIpc) is 2.67. The molecule has 0 aliphatic carbocycles. The highest BCUT2D eigenvalue weighted by atomic mass is 16.5. The van der Waals surface area contributed by atoms with Crippen molar-refractivity contribution < 1.29 is 14.3 Å². The third kappa shape index (κ3) is 5.00. The molecule has 1 amide bonds. The lowest BCUT2D eigenvalue weighted by Gasteiger charge is -2.16. The fourth-order valence-corrected chi connectivity index (χ4v) is 2.92. The first-order valence-electron chi connectivity index (χ1n) is 9.16. The van der Waals surface area contributed by atoms with Crippen molar-refractivity contribution in [2.45, 2.75) is 26.9 Å². The van der Waals surface area contributed by atoms with E-state index in [1.54, 1.807) is 6.92 Å². The zero-order valence-electron chi connectivity index (χ0n) is 16.0. The largest absolute Gasteiger partial charge is 0.492 e. The summed E-state index contributed by atoms with van der Waals surface area (Å²) in [5, 5.41) is 5.16. The number of hydrogen-bond acceptors (Lipinski definition) is 3. The van der Waals surface area contributed by atoms with Gasteiger partial charge in [-0.25, -0.2) is 0 Å². The summed E-state index contributed by atoms with van der Waals surface area (Å²) in [5.41, 5.74) is 2.19. The Morgan fingerprint density at radius 2 is 1.78 bits per heavy atom. The summed E-state index contributed by atoms with van der Waals surface area (Å²) in [6.07, 6.45) is -0.563. The topological polar surface area (TPSA) is 47.6 Å². The molecule has 0 heterocycles. The molecule has 4 heteroatoms. The highest BCUT2D eigenvalue weighted by molar-refractivity contribution is 5.83. The van der Waals surface area contributed by atoms with E-state index in [4.69, 9.17) is 9.47 Å². The van der Waals surface area contributed by atoms with Crippen LogP contribution in [0, 0.1) is 13.8 Å². The van der Waals surface area contributed by atoms with Crippen molar-refractivity contribution in [1.82, 2.24) is 5.32 Å². The minimum Gasteiger partial charge on any atom is -0.492 e. The van der Waals surface area contributed by atoms with E-state index in [0.717, 1.165) is 22.4 Å². The average molecular weight is 363 g/mol. The maximum atomic E-state index is 12.2. The van der Waals surface area contributed by atoms with Crippen LogP contribution in [-0.2, 0) is 4.79 Å². The Hall–Kier alpha value is -3.01. The van der Waals surface area contributed by atoms with E-state index in [1.165, 1.54) is 10.9 Å². The SMILES string of the molecule is Cc1ccc(O[C@@H](C)C(=O)NCCOc2ccc3ccccc3c2)c(C)c1. The quantitative estimate of drug-likeness (QED) is 0.632. The minimum absolute atomic E-state index is 0.155. The first-order valence-corrected chi connectivity index (χ1v) is 9.16. The van der Waals surface area contributed by atoms with Gasteiger partial charge >= 0.3 is 0 Å². The van der Waals surface area contributed by atoms with Crippen LogP contribution in [0.5, 0.6) is 11.5 Å². The van der Waals surface area contributed by atoms with Gasteiger partial charge in [-0.05, 0) is 55.3 Å². The minimum atomic E-state index is -0.563. The lowest BCUT2D eigenvalue weighted by molar-refractivity contribution is -0.127. The van der Waals surface area contributed by atoms with Gasteiger partial charge in [-0.1, -0.05) is 48.0 Å². The molecule has 140 valence electrons. The van der Waals surface area contributed by atoms with Crippen molar-refractivity contribution in [3.63, 3.8) is 0 Å². The molecule has 3 rings (SSSR count). The summed E-state index contributed by atoms with van der Waals surface area (Å²) in [6, 6.07) is 20.0. The Balaban J connectivity index is 1.45. The van der Waals surface area contributed by atoms with Crippen molar-refractivity contribution >= 4 is 16.7 Å². The van der Waals surface area contributed by atoms with Gasteiger partial charge in [-0.2, -0.15) is 0 Å². The van der Waals surface area contributed by atoms with Crippen molar-refractivity contribution in [1.29, 1.82) is 0 Å². The van der Waals surface area contributed by atoms with Gasteiger partial charge in [0.15, 0.2) is 6.10 Å². The number of hydrogen-bond donors (Lipinski definition) is 1. The van der Waals surface area contributed by atoms with Crippen molar-refractivity contribution in [3.05, 3.63) is 71.8 Å². The molecule has 0 aliphatic heterocycles. The summed E-state index contributed by atoms with van der Waals surface area (Å²) in [5.74, 6) is 1.37. The second-order valence-electron chi connectivity index (χ2n) is 6.68. The summed E-state index contributed by atoms with van der Waals surface area (Å²) >= 11 is 0. The zero-order chi connectivity index (χ0) is 19.2. The Bertz CT molecular complexity index is 936. The second kappa shape index (κ2) is 8.58. The smallest absolute Gasteiger partial charge is 0.260 e. The van der Waals surface area contributed by atoms with Crippen LogP contribution in [0.15, 0.2) is 60.7 Å². The molecule has 0 aliphatic rings. The first-order chi connectivity index (χ1) is 13.0. The number of ether oxygens (including phenoxy) is 2. The highest BCUT2D eigenvalue weighted by Crippen LogP contribution is 2.21. The fourth-order valence-electron chi connectivity index (χ4n) is 2.92. The van der Waals surface area contributed by atoms with Crippen LogP contribution in [0.2, 0.25) is 0 Å². The van der Waals surface area contributed by atoms with E-state index in [9.17, 15) is 4.79 Å². The molecule has 0 aromatic heterocycles. The summed E-state index contributed by atoms with van der Waals surface area (Å²) in [7, 11) is 0. The number of rotatable bonds is 7. The van der Waals surface area contributed by atoms with E-state index < -0.39 is 6.10 Å². The van der Waals surface area contributed by atoms with Crippen molar-refractivity contribution in [3.8, 4) is 11.5 Å². The number of aryl methyl sites for hydroxylation is 2. The molecule has 0 unspecified atom stereocenters. The van der Waals surface area contributed by atoms with E-state index in [0.29, 0.717) is 13.2 Å². The van der Waals surface area contributed by atoms with E-state index >= 15 is 0 Å². The van der Waals surface area contributed by atoms with E-state index in [2.05, 4.69) is 17.4 Å². The number of carbonyl (C=O) groups excluding carboxylic acids is 1. The Morgan fingerprint density at radius 3 is 2.56 bits per heavy atom. The predicted octanol–water partition coefficient (Wildman–Crippen LogP) is 4.42. The molecule has 0 saturated heterocycles. The van der Waals surface area contributed by atoms with Gasteiger partial charge < -0.3 is 14.8 Å². The molecule has 0 bridgehead atoms. The first kappa shape index (κ1) is 18.8. The summed E-state index contributed by atoms with van der Waals surface area (Å²) in [4.78, 5) is 12.2. The predicted molar refractivity (Wildman–Crippen MR) is 108 cm³/mol. The number of amides is 1. The highest BCUT2D eigenvalue weighted by Gasteiger charge is 2.15. The standard InChI is InChI=1S/C23H25NO3/c1-16-8-11-22(17(2)14-16)27-18(3)23(25)24-12-13-26-21-10-9-19-6-4-5-7-20(19)15-21/h4-11,14-15,18H,12-13H2,1-3H3,(H,24,25)/t18-/m0/s1. The Morgan fingerprint density at radius 1 is 1.00 bits per heavy atom. The summed E-state index contributed by atoms with van der Waals surface area (Å²) < 4.78 is 11.5. The molecule has 0 saturated carbocycles. The molecular formula is C23H25NO3. The number of benzene rings is 3. The molecule has 0 spiro atoms. The van der Waals surface area contributed by atoms with Crippen LogP contribution >= 0.6 is 0 Å². The molecule has 27 heavy (non-hydrogen) atoms. The Labute approximate surface area is 160 Å². The van der Waals surface area contributed by atoms with Crippen LogP contribution in [0.4, 0.5) is 0 Å². The van der Waals surface area contributed by atoms with Crippen LogP contribution in [-0.4, -0.2) is 25.2 Å². The Kier molecular flexibility index (Phi) is 5.97. The van der Waals surface area contributed by atoms with Gasteiger partial charge in [0, 0.05) is 0 Å². The molecule has 1 atom stereocenters. The third-order valence-corrected chi connectivity index (χ3v) is 4.39. The lowest BCUT2D eigenvalue weighted by atomic mass is 10.1. The van der Waals surface area contributed by atoms with Crippen LogP contribution in [0.1, 0.15) is 18.1 Å². The van der Waals surface area contributed by atoms with Gasteiger partial charge in [-0.15, -0.1) is 0 Å². The maximum Gasteiger partial charge on any atom is 0.260 e. The molecular weight excluding hydrogens is 338 g/mol. The van der Waals surface area contributed by atoms with Gasteiger partial charge in [0.2, 0.25) is 0 Å². The number of nitrogens with one attached hydrogen (secondary N) is 1. The number of carbonyl (C=O) groups is 1. The summed E-state index contributed by atoms with van der Waals surface area (Å²) in [6.45, 7) is 6.58. The zero-order valence-corrected chi connectivity index (χ0v) is 16.0. The van der Waals surface area contributed by atoms with Crippen LogP contribution < -0.4 is 14.8 Å². The fraction of sp³-hybridized carbons (Fsp3) is 0.261. The maximum absolute atomic E-state index is 12.2. The van der Waals surface area contributed by atoms with Gasteiger partial charge in [0.25, 0.3) is 5.91 Å². The normalized spacial score (nSPS) is 11.8. The monoisotopic (exact) mass is 363 g/mol. The third-order valence-electron chi connectivity index (χ3n) is 4.39. The van der Waals surface area contributed by atoms with Gasteiger partial charge in [0.1, 0.15) is 18.1 Å². The van der Waals surface area contributed by atoms with Crippen molar-refractivity contribution in [2.75, 3.05) is 13.2 Å². The van der Waals surface area contributed by atoms with Crippen molar-refractivity contribution in [2.24, 2.45) is 0 Å². The molecule has 0 fully saturated rings. The lowest BCUT2D eigenvalue weighted by Crippen LogP contribution is -2.38. The van der Waals surface area contributed by atoms with Gasteiger partial charge in [0.05, 0.1) is 6.54 Å². The molecule has 4 nitrogen and oxygen atoms in total. The second-order valence-corrected chi connectivity index (χ2v) is 6.68. The molecule has 3 aromatic rings. The van der Waals surface area contributed by atoms with E-state index in [-0.39, 0.29) is 5.91 Å². The number of fused-ring (bicyclic) bond motifs is 1. The molecule has 0 radical (unpaired) electrons. The van der Waals surface area contributed by atoms with Gasteiger partial charge in [-0.3, -0.25) is 4.79 Å².